The maximum Gasteiger partial charge on any atom is 0.314 e. The standard InChI is InChI=1S/C23H25ClO2/c1-6-7-18-12-16(4)21(17(5)13-18)14-26-23(25)22(15(2)3)19-8-10-20(24)11-9-19/h1,8-13,15,22H,7,14H2,2-5H3. The minimum Gasteiger partial charge on any atom is -0.460 e. The first-order chi connectivity index (χ1) is 12.3. The molecule has 0 aromatic heterocycles. The van der Waals surface area contributed by atoms with Crippen molar-refractivity contribution >= 4 is 17.6 Å². The fraction of sp³-hybridized carbons (Fsp3) is 0.348. The topological polar surface area (TPSA) is 26.3 Å². The van der Waals surface area contributed by atoms with Gasteiger partial charge in [-0.25, -0.2) is 0 Å². The molecule has 2 nitrogen and oxygen atoms in total. The number of carbonyl (C=O) groups excluding carboxylic acids is 1. The summed E-state index contributed by atoms with van der Waals surface area (Å²) >= 11 is 5.96. The highest BCUT2D eigenvalue weighted by Crippen LogP contribution is 2.28. The third-order valence-corrected chi connectivity index (χ3v) is 4.82. The van der Waals surface area contributed by atoms with Crippen molar-refractivity contribution in [1.82, 2.24) is 0 Å². The van der Waals surface area contributed by atoms with Gasteiger partial charge in [-0.05, 0) is 59.7 Å². The van der Waals surface area contributed by atoms with Gasteiger partial charge >= 0.3 is 5.97 Å². The second kappa shape index (κ2) is 8.92. The molecule has 0 saturated heterocycles. The van der Waals surface area contributed by atoms with Crippen LogP contribution in [-0.4, -0.2) is 5.97 Å². The summed E-state index contributed by atoms with van der Waals surface area (Å²) in [4.78, 5) is 12.8. The highest BCUT2D eigenvalue weighted by Gasteiger charge is 2.26. The van der Waals surface area contributed by atoms with E-state index in [1.165, 1.54) is 0 Å². The zero-order chi connectivity index (χ0) is 19.3. The lowest BCUT2D eigenvalue weighted by Gasteiger charge is -2.21. The molecule has 2 rings (SSSR count). The Kier molecular flexibility index (Phi) is 6.89. The monoisotopic (exact) mass is 368 g/mol. The molecular weight excluding hydrogens is 344 g/mol. The smallest absolute Gasteiger partial charge is 0.314 e. The normalized spacial score (nSPS) is 11.9. The van der Waals surface area contributed by atoms with E-state index in [0.717, 1.165) is 27.8 Å². The van der Waals surface area contributed by atoms with Crippen molar-refractivity contribution in [3.63, 3.8) is 0 Å². The van der Waals surface area contributed by atoms with Crippen molar-refractivity contribution in [2.24, 2.45) is 5.92 Å². The van der Waals surface area contributed by atoms with Crippen LogP contribution >= 0.6 is 11.6 Å². The third-order valence-electron chi connectivity index (χ3n) is 4.57. The van der Waals surface area contributed by atoms with Gasteiger partial charge in [0.15, 0.2) is 0 Å². The van der Waals surface area contributed by atoms with E-state index in [1.54, 1.807) is 12.1 Å². The van der Waals surface area contributed by atoms with E-state index < -0.39 is 0 Å². The van der Waals surface area contributed by atoms with Crippen LogP contribution in [0.3, 0.4) is 0 Å². The third kappa shape index (κ3) is 4.90. The van der Waals surface area contributed by atoms with E-state index in [9.17, 15) is 4.79 Å². The molecule has 0 radical (unpaired) electrons. The molecule has 3 heteroatoms. The predicted molar refractivity (Wildman–Crippen MR) is 107 cm³/mol. The first-order valence-electron chi connectivity index (χ1n) is 8.78. The number of aryl methyl sites for hydroxylation is 2. The van der Waals surface area contributed by atoms with Crippen LogP contribution in [0, 0.1) is 32.1 Å². The molecule has 0 aliphatic rings. The fourth-order valence-corrected chi connectivity index (χ4v) is 3.35. The highest BCUT2D eigenvalue weighted by atomic mass is 35.5. The molecule has 2 aromatic rings. The van der Waals surface area contributed by atoms with E-state index >= 15 is 0 Å². The Morgan fingerprint density at radius 2 is 1.73 bits per heavy atom. The zero-order valence-corrected chi connectivity index (χ0v) is 16.6. The van der Waals surface area contributed by atoms with Crippen molar-refractivity contribution in [2.75, 3.05) is 0 Å². The second-order valence-electron chi connectivity index (χ2n) is 6.97. The van der Waals surface area contributed by atoms with Gasteiger partial charge in [0, 0.05) is 11.4 Å². The molecule has 0 aliphatic carbocycles. The Hall–Kier alpha value is -2.24. The predicted octanol–water partition coefficient (Wildman–Crippen LogP) is 5.62. The second-order valence-corrected chi connectivity index (χ2v) is 7.41. The molecule has 0 bridgehead atoms. The van der Waals surface area contributed by atoms with Crippen LogP contribution in [0.25, 0.3) is 0 Å². The highest BCUT2D eigenvalue weighted by molar-refractivity contribution is 6.30. The largest absolute Gasteiger partial charge is 0.460 e. The maximum atomic E-state index is 12.8. The number of carbonyl (C=O) groups is 1. The van der Waals surface area contributed by atoms with Crippen LogP contribution in [-0.2, 0) is 22.6 Å². The molecule has 0 spiro atoms. The lowest BCUT2D eigenvalue weighted by molar-refractivity contribution is -0.148. The van der Waals surface area contributed by atoms with Crippen LogP contribution in [0.2, 0.25) is 5.02 Å². The molecule has 26 heavy (non-hydrogen) atoms. The van der Waals surface area contributed by atoms with Gasteiger partial charge < -0.3 is 4.74 Å². The van der Waals surface area contributed by atoms with Crippen LogP contribution in [0.4, 0.5) is 0 Å². The molecule has 1 atom stereocenters. The minimum absolute atomic E-state index is 0.129. The molecule has 0 fully saturated rings. The fourth-order valence-electron chi connectivity index (χ4n) is 3.23. The summed E-state index contributed by atoms with van der Waals surface area (Å²) in [5, 5.41) is 0.655. The average Bonchev–Trinajstić information content (AvgIpc) is 2.56. The molecule has 0 saturated carbocycles. The van der Waals surface area contributed by atoms with Gasteiger partial charge in [0.25, 0.3) is 0 Å². The molecule has 0 amide bonds. The molecular formula is C23H25ClO2. The number of hydrogen-bond donors (Lipinski definition) is 0. The summed E-state index contributed by atoms with van der Waals surface area (Å²) in [7, 11) is 0. The Morgan fingerprint density at radius 1 is 1.15 bits per heavy atom. The Morgan fingerprint density at radius 3 is 2.23 bits per heavy atom. The van der Waals surface area contributed by atoms with Crippen molar-refractivity contribution in [1.29, 1.82) is 0 Å². The van der Waals surface area contributed by atoms with Crippen molar-refractivity contribution in [3.8, 4) is 12.3 Å². The minimum atomic E-state index is -0.311. The Labute approximate surface area is 161 Å². The van der Waals surface area contributed by atoms with Gasteiger partial charge in [-0.15, -0.1) is 12.3 Å². The number of rotatable bonds is 6. The lowest BCUT2D eigenvalue weighted by Crippen LogP contribution is -2.21. The quantitative estimate of drug-likeness (QED) is 0.489. The van der Waals surface area contributed by atoms with Gasteiger partial charge in [-0.1, -0.05) is 49.7 Å². The molecule has 1 unspecified atom stereocenters. The maximum absolute atomic E-state index is 12.8. The zero-order valence-electron chi connectivity index (χ0n) is 15.8. The number of benzene rings is 2. The summed E-state index contributed by atoms with van der Waals surface area (Å²) in [5.41, 5.74) is 5.26. The Balaban J connectivity index is 2.16. The SMILES string of the molecule is C#CCc1cc(C)c(COC(=O)C(c2ccc(Cl)cc2)C(C)C)c(C)c1. The molecule has 0 aliphatic heterocycles. The summed E-state index contributed by atoms with van der Waals surface area (Å²) < 4.78 is 5.69. The summed E-state index contributed by atoms with van der Waals surface area (Å²) in [6.45, 7) is 8.35. The molecule has 0 N–H and O–H groups in total. The molecule has 0 heterocycles. The lowest BCUT2D eigenvalue weighted by atomic mass is 9.88. The number of ether oxygens (including phenoxy) is 1. The first-order valence-corrected chi connectivity index (χ1v) is 9.15. The summed E-state index contributed by atoms with van der Waals surface area (Å²) in [5.74, 6) is 2.27. The summed E-state index contributed by atoms with van der Waals surface area (Å²) in [6, 6.07) is 11.5. The van der Waals surface area contributed by atoms with Gasteiger partial charge in [0.05, 0.1) is 5.92 Å². The van der Waals surface area contributed by atoms with Crippen LogP contribution in [0.1, 0.15) is 47.6 Å². The summed E-state index contributed by atoms with van der Waals surface area (Å²) in [6.07, 6.45) is 6.00. The van der Waals surface area contributed by atoms with Gasteiger partial charge in [0.2, 0.25) is 0 Å². The van der Waals surface area contributed by atoms with Gasteiger partial charge in [-0.2, -0.15) is 0 Å². The number of esters is 1. The van der Waals surface area contributed by atoms with E-state index in [1.807, 2.05) is 39.8 Å². The van der Waals surface area contributed by atoms with E-state index in [0.29, 0.717) is 11.4 Å². The van der Waals surface area contributed by atoms with E-state index in [2.05, 4.69) is 18.1 Å². The van der Waals surface area contributed by atoms with E-state index in [-0.39, 0.29) is 24.4 Å². The number of hydrogen-bond acceptors (Lipinski definition) is 2. The van der Waals surface area contributed by atoms with Crippen LogP contribution in [0.15, 0.2) is 36.4 Å². The molecule has 2 aromatic carbocycles. The van der Waals surface area contributed by atoms with Crippen LogP contribution in [0.5, 0.6) is 0 Å². The van der Waals surface area contributed by atoms with Crippen molar-refractivity contribution in [2.45, 2.75) is 46.6 Å². The number of halogens is 1. The first kappa shape index (κ1) is 20.1. The van der Waals surface area contributed by atoms with Crippen LogP contribution < -0.4 is 0 Å². The van der Waals surface area contributed by atoms with Gasteiger partial charge in [0.1, 0.15) is 6.61 Å². The van der Waals surface area contributed by atoms with Crippen molar-refractivity contribution in [3.05, 3.63) is 69.2 Å². The van der Waals surface area contributed by atoms with E-state index in [4.69, 9.17) is 22.8 Å². The number of terminal acetylenes is 1. The Bertz CT molecular complexity index is 790. The average molecular weight is 369 g/mol. The van der Waals surface area contributed by atoms with Gasteiger partial charge in [-0.3, -0.25) is 4.79 Å². The molecule has 136 valence electrons. The van der Waals surface area contributed by atoms with Crippen molar-refractivity contribution < 1.29 is 9.53 Å².